The van der Waals surface area contributed by atoms with E-state index in [0.29, 0.717) is 0 Å². The van der Waals surface area contributed by atoms with Crippen LogP contribution in [0, 0.1) is 0 Å². The third-order valence-corrected chi connectivity index (χ3v) is 2.12. The van der Waals surface area contributed by atoms with Gasteiger partial charge in [0.05, 0.1) is 13.1 Å². The van der Waals surface area contributed by atoms with Crippen molar-refractivity contribution in [3.05, 3.63) is 0 Å². The first-order valence-electron chi connectivity index (χ1n) is 3.73. The minimum absolute atomic E-state index is 0.962. The van der Waals surface area contributed by atoms with Gasteiger partial charge in [-0.15, -0.1) is 0 Å². The van der Waals surface area contributed by atoms with Crippen molar-refractivity contribution in [3.8, 4) is 0 Å². The molecule has 0 heterocycles. The van der Waals surface area contributed by atoms with Crippen LogP contribution in [0.5, 0.6) is 0 Å². The number of hydrogen-bond acceptors (Lipinski definition) is 0. The van der Waals surface area contributed by atoms with Gasteiger partial charge in [0.2, 0.25) is 0 Å². The van der Waals surface area contributed by atoms with Crippen LogP contribution < -0.4 is 5.32 Å². The number of hydrogen-bond donors (Lipinski definition) is 1. The fraction of sp³-hybridized carbons (Fsp3) is 1.00. The summed E-state index contributed by atoms with van der Waals surface area (Å²) in [6.45, 7) is 0. The van der Waals surface area contributed by atoms with Gasteiger partial charge in [-0.05, 0) is 25.7 Å². The fourth-order valence-electron chi connectivity index (χ4n) is 1.47. The third kappa shape index (κ3) is 1.48. The molecular weight excluding hydrogens is 98.1 g/mol. The van der Waals surface area contributed by atoms with Gasteiger partial charge >= 0.3 is 0 Å². The average molecular weight is 114 g/mol. The standard InChI is InChI=1S/C7H15N/c1-8-7-5-3-2-4-6-7/h7-8H,2-6H2,1H3/p+1. The van der Waals surface area contributed by atoms with E-state index in [9.17, 15) is 0 Å². The van der Waals surface area contributed by atoms with Crippen LogP contribution in [0.2, 0.25) is 0 Å². The summed E-state index contributed by atoms with van der Waals surface area (Å²) in [5.41, 5.74) is 0. The van der Waals surface area contributed by atoms with Crippen molar-refractivity contribution >= 4 is 0 Å². The van der Waals surface area contributed by atoms with Gasteiger partial charge in [0.15, 0.2) is 0 Å². The van der Waals surface area contributed by atoms with Crippen LogP contribution in [0.3, 0.4) is 0 Å². The van der Waals surface area contributed by atoms with Gasteiger partial charge in [-0.3, -0.25) is 0 Å². The van der Waals surface area contributed by atoms with Crippen LogP contribution in [0.15, 0.2) is 0 Å². The third-order valence-electron chi connectivity index (χ3n) is 2.12. The molecule has 0 saturated heterocycles. The summed E-state index contributed by atoms with van der Waals surface area (Å²) in [5, 5.41) is 2.36. The van der Waals surface area contributed by atoms with Gasteiger partial charge in [0.25, 0.3) is 0 Å². The highest BCUT2D eigenvalue weighted by Crippen LogP contribution is 2.14. The monoisotopic (exact) mass is 114 g/mol. The molecule has 1 rings (SSSR count). The van der Waals surface area contributed by atoms with E-state index < -0.39 is 0 Å². The summed E-state index contributed by atoms with van der Waals surface area (Å²) < 4.78 is 0. The SMILES string of the molecule is C[NH2+]C1CCCCC1. The van der Waals surface area contributed by atoms with E-state index in [4.69, 9.17) is 0 Å². The Labute approximate surface area is 51.5 Å². The minimum atomic E-state index is 0.962. The van der Waals surface area contributed by atoms with E-state index in [2.05, 4.69) is 12.4 Å². The normalized spacial score (nSPS) is 23.6. The smallest absolute Gasteiger partial charge is 0.0857 e. The lowest BCUT2D eigenvalue weighted by atomic mass is 9.96. The lowest BCUT2D eigenvalue weighted by molar-refractivity contribution is -0.666. The second-order valence-corrected chi connectivity index (χ2v) is 2.73. The molecule has 1 fully saturated rings. The molecule has 0 aliphatic heterocycles. The Morgan fingerprint density at radius 2 is 1.75 bits per heavy atom. The minimum Gasteiger partial charge on any atom is -0.346 e. The Morgan fingerprint density at radius 1 is 1.12 bits per heavy atom. The van der Waals surface area contributed by atoms with Crippen molar-refractivity contribution < 1.29 is 5.32 Å². The van der Waals surface area contributed by atoms with Gasteiger partial charge in [-0.2, -0.15) is 0 Å². The zero-order valence-corrected chi connectivity index (χ0v) is 5.69. The Morgan fingerprint density at radius 3 is 2.12 bits per heavy atom. The van der Waals surface area contributed by atoms with E-state index in [1.54, 1.807) is 0 Å². The van der Waals surface area contributed by atoms with Crippen LogP contribution in [0.1, 0.15) is 32.1 Å². The van der Waals surface area contributed by atoms with Crippen LogP contribution in [0.25, 0.3) is 0 Å². The lowest BCUT2D eigenvalue weighted by Crippen LogP contribution is -2.86. The van der Waals surface area contributed by atoms with Crippen molar-refractivity contribution in [2.75, 3.05) is 7.05 Å². The van der Waals surface area contributed by atoms with Crippen LogP contribution in [-0.4, -0.2) is 13.1 Å². The molecule has 0 unspecified atom stereocenters. The summed E-state index contributed by atoms with van der Waals surface area (Å²) in [4.78, 5) is 0. The van der Waals surface area contributed by atoms with Crippen molar-refractivity contribution in [2.24, 2.45) is 0 Å². The zero-order chi connectivity index (χ0) is 5.82. The molecule has 0 radical (unpaired) electrons. The molecule has 0 aromatic heterocycles. The maximum Gasteiger partial charge on any atom is 0.0857 e. The first-order chi connectivity index (χ1) is 3.93. The highest BCUT2D eigenvalue weighted by atomic mass is 14.9. The molecule has 0 bridgehead atoms. The first kappa shape index (κ1) is 6.09. The molecule has 8 heavy (non-hydrogen) atoms. The molecule has 2 N–H and O–H groups in total. The van der Waals surface area contributed by atoms with Crippen LogP contribution in [-0.2, 0) is 0 Å². The molecule has 1 heteroatoms. The molecule has 0 aromatic carbocycles. The molecule has 0 amide bonds. The topological polar surface area (TPSA) is 16.6 Å². The predicted molar refractivity (Wildman–Crippen MR) is 34.7 cm³/mol. The van der Waals surface area contributed by atoms with E-state index in [1.165, 1.54) is 32.1 Å². The highest BCUT2D eigenvalue weighted by molar-refractivity contribution is 4.61. The first-order valence-corrected chi connectivity index (χ1v) is 3.73. The Bertz CT molecular complexity index is 55.4. The second kappa shape index (κ2) is 3.08. The van der Waals surface area contributed by atoms with E-state index in [0.717, 1.165) is 6.04 Å². The summed E-state index contributed by atoms with van der Waals surface area (Å²) in [5.74, 6) is 0. The molecule has 1 aliphatic carbocycles. The van der Waals surface area contributed by atoms with E-state index >= 15 is 0 Å². The van der Waals surface area contributed by atoms with Gasteiger partial charge in [0, 0.05) is 0 Å². The van der Waals surface area contributed by atoms with Crippen molar-refractivity contribution in [1.29, 1.82) is 0 Å². The van der Waals surface area contributed by atoms with Crippen molar-refractivity contribution in [1.82, 2.24) is 0 Å². The lowest BCUT2D eigenvalue weighted by Gasteiger charge is -2.17. The molecular formula is C7H16N+. The van der Waals surface area contributed by atoms with Crippen LogP contribution >= 0.6 is 0 Å². The highest BCUT2D eigenvalue weighted by Gasteiger charge is 2.12. The molecule has 0 atom stereocenters. The van der Waals surface area contributed by atoms with E-state index in [-0.39, 0.29) is 0 Å². The predicted octanol–water partition coefficient (Wildman–Crippen LogP) is 0.512. The van der Waals surface area contributed by atoms with Crippen LogP contribution in [0.4, 0.5) is 0 Å². The summed E-state index contributed by atoms with van der Waals surface area (Å²) in [6.07, 6.45) is 7.32. The van der Waals surface area contributed by atoms with Gasteiger partial charge in [-0.25, -0.2) is 0 Å². The zero-order valence-electron chi connectivity index (χ0n) is 5.69. The maximum absolute atomic E-state index is 2.36. The number of nitrogens with two attached hydrogens (primary N) is 1. The van der Waals surface area contributed by atoms with Gasteiger partial charge in [0.1, 0.15) is 0 Å². The number of quaternary nitrogens is 1. The average Bonchev–Trinajstić information content (AvgIpc) is 1.90. The maximum atomic E-state index is 2.36. The second-order valence-electron chi connectivity index (χ2n) is 2.73. The molecule has 1 aliphatic rings. The quantitative estimate of drug-likeness (QED) is 0.511. The molecule has 0 aromatic rings. The Kier molecular flexibility index (Phi) is 2.34. The largest absolute Gasteiger partial charge is 0.346 e. The molecule has 1 saturated carbocycles. The van der Waals surface area contributed by atoms with Gasteiger partial charge in [-0.1, -0.05) is 6.42 Å². The summed E-state index contributed by atoms with van der Waals surface area (Å²) >= 11 is 0. The number of rotatable bonds is 1. The van der Waals surface area contributed by atoms with E-state index in [1.807, 2.05) is 0 Å². The summed E-state index contributed by atoms with van der Waals surface area (Å²) in [6, 6.07) is 0.962. The molecule has 0 spiro atoms. The van der Waals surface area contributed by atoms with Crippen molar-refractivity contribution in [3.63, 3.8) is 0 Å². The van der Waals surface area contributed by atoms with Gasteiger partial charge < -0.3 is 5.32 Å². The summed E-state index contributed by atoms with van der Waals surface area (Å²) in [7, 11) is 2.19. The molecule has 1 nitrogen and oxygen atoms in total. The Balaban J connectivity index is 2.13. The fourth-order valence-corrected chi connectivity index (χ4v) is 1.47. The Hall–Kier alpha value is -0.0400. The molecule has 48 valence electrons. The van der Waals surface area contributed by atoms with Crippen molar-refractivity contribution in [2.45, 2.75) is 38.1 Å².